The number of hydrogen-bond acceptors (Lipinski definition) is 4. The zero-order chi connectivity index (χ0) is 15.8. The molecular weight excluding hydrogens is 278 g/mol. The summed E-state index contributed by atoms with van der Waals surface area (Å²) < 4.78 is 0. The lowest BCUT2D eigenvalue weighted by Crippen LogP contribution is -2.47. The van der Waals surface area contributed by atoms with Crippen molar-refractivity contribution in [3.05, 3.63) is 29.8 Å². The molecule has 1 aliphatic heterocycles. The van der Waals surface area contributed by atoms with Crippen LogP contribution in [0.4, 0.5) is 5.69 Å². The van der Waals surface area contributed by atoms with E-state index in [0.717, 1.165) is 32.7 Å². The Hall–Kier alpha value is -1.59. The fourth-order valence-electron chi connectivity index (χ4n) is 2.71. The number of rotatable bonds is 7. The number of benzene rings is 1. The quantitative estimate of drug-likeness (QED) is 0.738. The van der Waals surface area contributed by atoms with E-state index in [9.17, 15) is 4.79 Å². The molecule has 0 unspecified atom stereocenters. The van der Waals surface area contributed by atoms with Gasteiger partial charge in [-0.05, 0) is 31.0 Å². The molecule has 0 radical (unpaired) electrons. The SMILES string of the molecule is Cc1cccc(N2CCN(CCC(=O)NCCCO)CC2)c1. The normalized spacial score (nSPS) is 15.8. The molecule has 1 aromatic carbocycles. The highest BCUT2D eigenvalue weighted by molar-refractivity contribution is 5.76. The molecule has 2 rings (SSSR count). The standard InChI is InChI=1S/C17H27N3O2/c1-15-4-2-5-16(14-15)20-11-9-19(10-12-20)8-6-17(22)18-7-3-13-21/h2,4-5,14,21H,3,6-13H2,1H3,(H,18,22). The number of aliphatic hydroxyl groups excluding tert-OH is 1. The summed E-state index contributed by atoms with van der Waals surface area (Å²) >= 11 is 0. The lowest BCUT2D eigenvalue weighted by molar-refractivity contribution is -0.121. The Morgan fingerprint density at radius 2 is 2.05 bits per heavy atom. The predicted molar refractivity (Wildman–Crippen MR) is 89.2 cm³/mol. The summed E-state index contributed by atoms with van der Waals surface area (Å²) in [6.07, 6.45) is 1.16. The van der Waals surface area contributed by atoms with Crippen LogP contribution in [-0.2, 0) is 4.79 Å². The molecule has 0 spiro atoms. The second-order valence-corrected chi connectivity index (χ2v) is 5.84. The molecule has 0 saturated carbocycles. The van der Waals surface area contributed by atoms with Gasteiger partial charge in [-0.15, -0.1) is 0 Å². The van der Waals surface area contributed by atoms with Crippen LogP contribution in [0.5, 0.6) is 0 Å². The molecule has 122 valence electrons. The first-order valence-electron chi connectivity index (χ1n) is 8.10. The molecule has 0 atom stereocenters. The number of nitrogens with zero attached hydrogens (tertiary/aromatic N) is 2. The number of nitrogens with one attached hydrogen (secondary N) is 1. The van der Waals surface area contributed by atoms with Crippen molar-refractivity contribution in [3.8, 4) is 0 Å². The lowest BCUT2D eigenvalue weighted by atomic mass is 10.2. The summed E-state index contributed by atoms with van der Waals surface area (Å²) in [5.74, 6) is 0.0783. The number of carbonyl (C=O) groups is 1. The van der Waals surface area contributed by atoms with E-state index in [1.807, 2.05) is 0 Å². The predicted octanol–water partition coefficient (Wildman–Crippen LogP) is 1.01. The number of piperazine rings is 1. The van der Waals surface area contributed by atoms with E-state index in [1.54, 1.807) is 0 Å². The Morgan fingerprint density at radius 1 is 1.27 bits per heavy atom. The van der Waals surface area contributed by atoms with Crippen molar-refractivity contribution >= 4 is 11.6 Å². The Kier molecular flexibility index (Phi) is 6.68. The van der Waals surface area contributed by atoms with E-state index in [2.05, 4.69) is 46.3 Å². The van der Waals surface area contributed by atoms with E-state index in [-0.39, 0.29) is 12.5 Å². The first-order valence-corrected chi connectivity index (χ1v) is 8.10. The van der Waals surface area contributed by atoms with Crippen LogP contribution in [0.25, 0.3) is 0 Å². The molecular formula is C17H27N3O2. The Balaban J connectivity index is 1.68. The monoisotopic (exact) mass is 305 g/mol. The van der Waals surface area contributed by atoms with Crippen LogP contribution in [0.2, 0.25) is 0 Å². The maximum atomic E-state index is 11.7. The minimum absolute atomic E-state index is 0.0783. The molecule has 1 heterocycles. The number of anilines is 1. The second-order valence-electron chi connectivity index (χ2n) is 5.84. The molecule has 22 heavy (non-hydrogen) atoms. The largest absolute Gasteiger partial charge is 0.396 e. The summed E-state index contributed by atoms with van der Waals surface area (Å²) in [4.78, 5) is 16.4. The Morgan fingerprint density at radius 3 is 2.73 bits per heavy atom. The third kappa shape index (κ3) is 5.31. The van der Waals surface area contributed by atoms with Gasteiger partial charge in [0.2, 0.25) is 5.91 Å². The number of aliphatic hydroxyl groups is 1. The van der Waals surface area contributed by atoms with Gasteiger partial charge in [-0.1, -0.05) is 12.1 Å². The van der Waals surface area contributed by atoms with Crippen molar-refractivity contribution in [3.63, 3.8) is 0 Å². The summed E-state index contributed by atoms with van der Waals surface area (Å²) in [5.41, 5.74) is 2.58. The molecule has 0 aliphatic carbocycles. The molecule has 1 aromatic rings. The third-order valence-corrected chi connectivity index (χ3v) is 4.05. The third-order valence-electron chi connectivity index (χ3n) is 4.05. The maximum Gasteiger partial charge on any atom is 0.221 e. The van der Waals surface area contributed by atoms with Gasteiger partial charge in [-0.25, -0.2) is 0 Å². The summed E-state index contributed by atoms with van der Waals surface area (Å²) in [6.45, 7) is 7.64. The topological polar surface area (TPSA) is 55.8 Å². The molecule has 1 saturated heterocycles. The van der Waals surface area contributed by atoms with E-state index >= 15 is 0 Å². The van der Waals surface area contributed by atoms with Gasteiger partial charge in [0.25, 0.3) is 0 Å². The highest BCUT2D eigenvalue weighted by Crippen LogP contribution is 2.17. The highest BCUT2D eigenvalue weighted by Gasteiger charge is 2.17. The van der Waals surface area contributed by atoms with Gasteiger partial charge in [0.15, 0.2) is 0 Å². The number of amides is 1. The van der Waals surface area contributed by atoms with Crippen molar-refractivity contribution in [2.45, 2.75) is 19.8 Å². The minimum Gasteiger partial charge on any atom is -0.396 e. The maximum absolute atomic E-state index is 11.7. The molecule has 0 bridgehead atoms. The van der Waals surface area contributed by atoms with E-state index in [1.165, 1.54) is 11.3 Å². The van der Waals surface area contributed by atoms with Gasteiger partial charge in [-0.3, -0.25) is 9.69 Å². The second kappa shape index (κ2) is 8.76. The molecule has 0 aromatic heterocycles. The molecule has 1 fully saturated rings. The van der Waals surface area contributed by atoms with E-state index in [0.29, 0.717) is 19.4 Å². The molecule has 5 nitrogen and oxygen atoms in total. The van der Waals surface area contributed by atoms with Gasteiger partial charge < -0.3 is 15.3 Å². The number of aryl methyl sites for hydroxylation is 1. The van der Waals surface area contributed by atoms with Gasteiger partial charge in [0, 0.05) is 58.0 Å². The van der Waals surface area contributed by atoms with Crippen molar-refractivity contribution in [1.29, 1.82) is 0 Å². The average molecular weight is 305 g/mol. The van der Waals surface area contributed by atoms with Gasteiger partial charge >= 0.3 is 0 Å². The van der Waals surface area contributed by atoms with Crippen LogP contribution in [0.15, 0.2) is 24.3 Å². The van der Waals surface area contributed by atoms with E-state index < -0.39 is 0 Å². The highest BCUT2D eigenvalue weighted by atomic mass is 16.3. The first-order chi connectivity index (χ1) is 10.7. The summed E-state index contributed by atoms with van der Waals surface area (Å²) in [6, 6.07) is 8.62. The summed E-state index contributed by atoms with van der Waals surface area (Å²) in [7, 11) is 0. The van der Waals surface area contributed by atoms with Crippen molar-refractivity contribution < 1.29 is 9.90 Å². The average Bonchev–Trinajstić information content (AvgIpc) is 2.54. The van der Waals surface area contributed by atoms with Gasteiger partial charge in [-0.2, -0.15) is 0 Å². The van der Waals surface area contributed by atoms with Crippen LogP contribution in [0.3, 0.4) is 0 Å². The van der Waals surface area contributed by atoms with Crippen LogP contribution >= 0.6 is 0 Å². The fourth-order valence-corrected chi connectivity index (χ4v) is 2.71. The first kappa shape index (κ1) is 16.8. The summed E-state index contributed by atoms with van der Waals surface area (Å²) in [5, 5.41) is 11.5. The minimum atomic E-state index is 0.0783. The van der Waals surface area contributed by atoms with Crippen molar-refractivity contribution in [2.24, 2.45) is 0 Å². The molecule has 2 N–H and O–H groups in total. The van der Waals surface area contributed by atoms with Crippen molar-refractivity contribution in [2.75, 3.05) is 50.8 Å². The molecule has 1 aliphatic rings. The van der Waals surface area contributed by atoms with Gasteiger partial charge in [0.05, 0.1) is 0 Å². The zero-order valence-electron chi connectivity index (χ0n) is 13.4. The van der Waals surface area contributed by atoms with Crippen LogP contribution in [-0.4, -0.2) is 61.8 Å². The lowest BCUT2D eigenvalue weighted by Gasteiger charge is -2.36. The van der Waals surface area contributed by atoms with Crippen LogP contribution in [0, 0.1) is 6.92 Å². The number of hydrogen-bond donors (Lipinski definition) is 2. The molecule has 1 amide bonds. The van der Waals surface area contributed by atoms with Gasteiger partial charge in [0.1, 0.15) is 0 Å². The smallest absolute Gasteiger partial charge is 0.221 e. The molecule has 5 heteroatoms. The Labute approximate surface area is 132 Å². The Bertz CT molecular complexity index is 471. The van der Waals surface area contributed by atoms with Crippen molar-refractivity contribution in [1.82, 2.24) is 10.2 Å². The van der Waals surface area contributed by atoms with Crippen LogP contribution < -0.4 is 10.2 Å². The van der Waals surface area contributed by atoms with Crippen LogP contribution in [0.1, 0.15) is 18.4 Å². The number of carbonyl (C=O) groups excluding carboxylic acids is 1. The van der Waals surface area contributed by atoms with E-state index in [4.69, 9.17) is 5.11 Å². The zero-order valence-corrected chi connectivity index (χ0v) is 13.4. The fraction of sp³-hybridized carbons (Fsp3) is 0.588.